The first-order valence-electron chi connectivity index (χ1n) is 6.34. The van der Waals surface area contributed by atoms with E-state index in [0.717, 1.165) is 0 Å². The number of aliphatic hydroxyl groups is 3. The number of H-pyrrole nitrogens is 1. The molecule has 0 aromatic carbocycles. The van der Waals surface area contributed by atoms with Gasteiger partial charge in [-0.15, -0.1) is 0 Å². The molecule has 1 aliphatic rings. The molecule has 2 aromatic rings. The normalized spacial score (nSPS) is 29.3. The number of hydrogen-bond acceptors (Lipinski definition) is 8. The van der Waals surface area contributed by atoms with Crippen LogP contribution < -0.4 is 11.3 Å². The first kappa shape index (κ1) is 13.9. The SMILES string of the molecule is Nc1nc2c(ncn2[C@@H]2O[C@H](CO)C(O)[C@H]2CO)c(=O)[nH]1. The van der Waals surface area contributed by atoms with Crippen LogP contribution in [0.2, 0.25) is 0 Å². The largest absolute Gasteiger partial charge is 0.396 e. The van der Waals surface area contributed by atoms with Crippen LogP contribution in [0.5, 0.6) is 0 Å². The Balaban J connectivity index is 2.10. The number of aromatic amines is 1. The van der Waals surface area contributed by atoms with Crippen molar-refractivity contribution in [3.63, 3.8) is 0 Å². The monoisotopic (exact) mass is 297 g/mol. The Morgan fingerprint density at radius 2 is 2.19 bits per heavy atom. The van der Waals surface area contributed by atoms with E-state index < -0.39 is 36.5 Å². The van der Waals surface area contributed by atoms with Gasteiger partial charge in [-0.25, -0.2) is 4.98 Å². The third kappa shape index (κ3) is 2.08. The maximum atomic E-state index is 11.7. The van der Waals surface area contributed by atoms with E-state index in [-0.39, 0.29) is 23.7 Å². The van der Waals surface area contributed by atoms with Crippen molar-refractivity contribution in [1.29, 1.82) is 0 Å². The summed E-state index contributed by atoms with van der Waals surface area (Å²) in [6.45, 7) is -0.752. The van der Waals surface area contributed by atoms with Crippen molar-refractivity contribution in [2.45, 2.75) is 18.4 Å². The molecule has 3 heterocycles. The van der Waals surface area contributed by atoms with Gasteiger partial charge in [-0.2, -0.15) is 4.98 Å². The molecular formula is C11H15N5O5. The van der Waals surface area contributed by atoms with Gasteiger partial charge in [0.25, 0.3) is 5.56 Å². The standard InChI is InChI=1S/C11H15N5O5/c12-11-14-8-6(9(20)15-11)13-3-16(8)10-4(1-17)7(19)5(2-18)21-10/h3-5,7,10,17-19H,1-2H2,(H3,12,14,15,20)/t4-,5-,7?,10-/m1/s1. The lowest BCUT2D eigenvalue weighted by Gasteiger charge is -2.19. The van der Waals surface area contributed by atoms with Crippen LogP contribution >= 0.6 is 0 Å². The van der Waals surface area contributed by atoms with Gasteiger partial charge in [0.15, 0.2) is 11.2 Å². The van der Waals surface area contributed by atoms with Gasteiger partial charge >= 0.3 is 0 Å². The number of aromatic nitrogens is 4. The molecule has 1 fully saturated rings. The van der Waals surface area contributed by atoms with E-state index in [1.165, 1.54) is 10.9 Å². The predicted molar refractivity (Wildman–Crippen MR) is 70.1 cm³/mol. The van der Waals surface area contributed by atoms with Crippen LogP contribution in [0.25, 0.3) is 11.2 Å². The van der Waals surface area contributed by atoms with Crippen molar-refractivity contribution in [3.05, 3.63) is 16.7 Å². The Hall–Kier alpha value is -2.01. The molecule has 0 bridgehead atoms. The molecule has 21 heavy (non-hydrogen) atoms. The summed E-state index contributed by atoms with van der Waals surface area (Å²) in [6.07, 6.45) is -1.35. The number of hydrogen-bond donors (Lipinski definition) is 5. The van der Waals surface area contributed by atoms with E-state index in [1.54, 1.807) is 0 Å². The van der Waals surface area contributed by atoms with Crippen molar-refractivity contribution in [2.75, 3.05) is 18.9 Å². The summed E-state index contributed by atoms with van der Waals surface area (Å²) in [5.74, 6) is -0.756. The van der Waals surface area contributed by atoms with Gasteiger partial charge in [-0.05, 0) is 0 Å². The smallest absolute Gasteiger partial charge is 0.280 e. The molecule has 4 atom stereocenters. The lowest BCUT2D eigenvalue weighted by Crippen LogP contribution is -2.31. The lowest BCUT2D eigenvalue weighted by molar-refractivity contribution is -0.0463. The van der Waals surface area contributed by atoms with E-state index >= 15 is 0 Å². The molecule has 1 saturated heterocycles. The number of anilines is 1. The predicted octanol–water partition coefficient (Wildman–Crippen LogP) is -2.44. The molecule has 0 saturated carbocycles. The summed E-state index contributed by atoms with van der Waals surface area (Å²) in [6, 6.07) is 0. The molecular weight excluding hydrogens is 282 g/mol. The zero-order valence-corrected chi connectivity index (χ0v) is 10.9. The van der Waals surface area contributed by atoms with Gasteiger partial charge in [-0.3, -0.25) is 14.3 Å². The number of imidazole rings is 1. The van der Waals surface area contributed by atoms with Gasteiger partial charge < -0.3 is 25.8 Å². The Labute approximate surface area is 117 Å². The van der Waals surface area contributed by atoms with Gasteiger partial charge in [0.2, 0.25) is 5.95 Å². The van der Waals surface area contributed by atoms with Crippen molar-refractivity contribution in [1.82, 2.24) is 19.5 Å². The first-order chi connectivity index (χ1) is 10.1. The summed E-state index contributed by atoms with van der Waals surface area (Å²) >= 11 is 0. The second kappa shape index (κ2) is 5.07. The Bertz CT molecular complexity index is 713. The molecule has 10 heteroatoms. The minimum absolute atomic E-state index is 0.0754. The average molecular weight is 297 g/mol. The van der Waals surface area contributed by atoms with Gasteiger partial charge in [0, 0.05) is 0 Å². The fourth-order valence-corrected chi connectivity index (χ4v) is 2.56. The fourth-order valence-electron chi connectivity index (χ4n) is 2.56. The zero-order chi connectivity index (χ0) is 15.1. The van der Waals surface area contributed by atoms with Crippen molar-refractivity contribution < 1.29 is 20.1 Å². The molecule has 0 aliphatic carbocycles. The number of fused-ring (bicyclic) bond motifs is 1. The molecule has 1 unspecified atom stereocenters. The molecule has 0 radical (unpaired) electrons. The molecule has 10 nitrogen and oxygen atoms in total. The topological polar surface area (TPSA) is 160 Å². The summed E-state index contributed by atoms with van der Waals surface area (Å²) in [5, 5.41) is 28.6. The highest BCUT2D eigenvalue weighted by Gasteiger charge is 2.44. The third-order valence-electron chi connectivity index (χ3n) is 3.62. The Morgan fingerprint density at radius 1 is 1.43 bits per heavy atom. The van der Waals surface area contributed by atoms with Crippen LogP contribution in [0, 0.1) is 5.92 Å². The highest BCUT2D eigenvalue weighted by atomic mass is 16.5. The van der Waals surface area contributed by atoms with Crippen LogP contribution in [0.15, 0.2) is 11.1 Å². The molecule has 3 rings (SSSR count). The van der Waals surface area contributed by atoms with Gasteiger partial charge in [0.1, 0.15) is 12.3 Å². The van der Waals surface area contributed by atoms with Crippen LogP contribution in [-0.2, 0) is 4.74 Å². The molecule has 0 spiro atoms. The zero-order valence-electron chi connectivity index (χ0n) is 10.9. The van der Waals surface area contributed by atoms with Crippen LogP contribution in [-0.4, -0.2) is 60.3 Å². The van der Waals surface area contributed by atoms with E-state index in [2.05, 4.69) is 15.0 Å². The number of rotatable bonds is 3. The number of nitrogens with zero attached hydrogens (tertiary/aromatic N) is 3. The molecule has 2 aromatic heterocycles. The first-order valence-corrected chi connectivity index (χ1v) is 6.34. The van der Waals surface area contributed by atoms with Gasteiger partial charge in [-0.1, -0.05) is 0 Å². The number of aliphatic hydroxyl groups excluding tert-OH is 3. The number of nitrogens with two attached hydrogens (primary N) is 1. The van der Waals surface area contributed by atoms with E-state index in [0.29, 0.717) is 0 Å². The minimum Gasteiger partial charge on any atom is -0.396 e. The van der Waals surface area contributed by atoms with Crippen LogP contribution in [0.1, 0.15) is 6.23 Å². The van der Waals surface area contributed by atoms with Crippen molar-refractivity contribution in [3.8, 4) is 0 Å². The van der Waals surface area contributed by atoms with E-state index in [4.69, 9.17) is 10.5 Å². The quantitative estimate of drug-likeness (QED) is 0.417. The summed E-state index contributed by atoms with van der Waals surface area (Å²) in [4.78, 5) is 22.0. The lowest BCUT2D eigenvalue weighted by atomic mass is 10.0. The summed E-state index contributed by atoms with van der Waals surface area (Å²) < 4.78 is 6.95. The minimum atomic E-state index is -1.04. The summed E-state index contributed by atoms with van der Waals surface area (Å²) in [7, 11) is 0. The van der Waals surface area contributed by atoms with Crippen LogP contribution in [0.3, 0.4) is 0 Å². The highest BCUT2D eigenvalue weighted by molar-refractivity contribution is 5.70. The maximum Gasteiger partial charge on any atom is 0.280 e. The average Bonchev–Trinajstić information content (AvgIpc) is 2.99. The molecule has 0 amide bonds. The molecule has 114 valence electrons. The summed E-state index contributed by atoms with van der Waals surface area (Å²) in [5.41, 5.74) is 5.28. The number of nitrogen functional groups attached to an aromatic ring is 1. The number of ether oxygens (including phenoxy) is 1. The van der Waals surface area contributed by atoms with E-state index in [9.17, 15) is 20.1 Å². The second-order valence-corrected chi connectivity index (χ2v) is 4.86. The Kier molecular flexibility index (Phi) is 3.37. The third-order valence-corrected chi connectivity index (χ3v) is 3.62. The number of nitrogens with one attached hydrogen (secondary N) is 1. The maximum absolute atomic E-state index is 11.7. The van der Waals surface area contributed by atoms with Crippen molar-refractivity contribution >= 4 is 17.1 Å². The Morgan fingerprint density at radius 3 is 2.86 bits per heavy atom. The van der Waals surface area contributed by atoms with E-state index in [1.807, 2.05) is 0 Å². The fraction of sp³-hybridized carbons (Fsp3) is 0.545. The van der Waals surface area contributed by atoms with Crippen LogP contribution in [0.4, 0.5) is 5.95 Å². The molecule has 1 aliphatic heterocycles. The van der Waals surface area contributed by atoms with Gasteiger partial charge in [0.05, 0.1) is 31.6 Å². The van der Waals surface area contributed by atoms with Crippen molar-refractivity contribution in [2.24, 2.45) is 5.92 Å². The second-order valence-electron chi connectivity index (χ2n) is 4.86. The highest BCUT2D eigenvalue weighted by Crippen LogP contribution is 2.35. The molecule has 6 N–H and O–H groups in total.